The van der Waals surface area contributed by atoms with Gasteiger partial charge in [0, 0.05) is 18.3 Å². The normalized spacial score (nSPS) is 47.5. The molecule has 2 aliphatic heterocycles. The van der Waals surface area contributed by atoms with E-state index in [-0.39, 0.29) is 11.9 Å². The van der Waals surface area contributed by atoms with E-state index in [9.17, 15) is 4.79 Å². The number of carbonyl (C=O) groups is 1. The molecule has 20 heavy (non-hydrogen) atoms. The molecule has 7 atom stereocenters. The highest BCUT2D eigenvalue weighted by Gasteiger charge is 2.53. The van der Waals surface area contributed by atoms with Gasteiger partial charge in [-0.3, -0.25) is 4.79 Å². The number of rotatable bonds is 2. The standard InChI is InChI=1S/C16H27NO3/c1-4-19-16(18)11-5-6-14-13(8-11)15-12(10(3)17-14)7-9(2)20-15/h9-15,17H,4-8H2,1-3H3/p+1/t9-,10?,11?,12?,13?,14?,15?/m1/s1. The van der Waals surface area contributed by atoms with Gasteiger partial charge in [-0.2, -0.15) is 0 Å². The van der Waals surface area contributed by atoms with Gasteiger partial charge in [0.05, 0.1) is 36.8 Å². The summed E-state index contributed by atoms with van der Waals surface area (Å²) in [5, 5.41) is 2.55. The Labute approximate surface area is 121 Å². The number of fused-ring (bicyclic) bond motifs is 3. The first-order valence-electron chi connectivity index (χ1n) is 8.27. The van der Waals surface area contributed by atoms with E-state index in [0.29, 0.717) is 42.7 Å². The van der Waals surface area contributed by atoms with E-state index < -0.39 is 0 Å². The summed E-state index contributed by atoms with van der Waals surface area (Å²) in [4.78, 5) is 12.0. The van der Waals surface area contributed by atoms with Crippen molar-refractivity contribution >= 4 is 5.97 Å². The summed E-state index contributed by atoms with van der Waals surface area (Å²) >= 11 is 0. The lowest BCUT2D eigenvalue weighted by atomic mass is 9.68. The Morgan fingerprint density at radius 2 is 2.05 bits per heavy atom. The first-order chi connectivity index (χ1) is 9.60. The highest BCUT2D eigenvalue weighted by molar-refractivity contribution is 5.72. The van der Waals surface area contributed by atoms with Crippen molar-refractivity contribution in [2.24, 2.45) is 17.8 Å². The predicted molar refractivity (Wildman–Crippen MR) is 75.1 cm³/mol. The summed E-state index contributed by atoms with van der Waals surface area (Å²) in [6.07, 6.45) is 4.99. The van der Waals surface area contributed by atoms with Gasteiger partial charge in [-0.1, -0.05) is 0 Å². The maximum atomic E-state index is 12.0. The smallest absolute Gasteiger partial charge is 0.308 e. The molecular formula is C16H28NO3+. The van der Waals surface area contributed by atoms with E-state index in [0.717, 1.165) is 19.3 Å². The van der Waals surface area contributed by atoms with Gasteiger partial charge in [-0.15, -0.1) is 0 Å². The number of piperidine rings is 1. The fourth-order valence-electron chi connectivity index (χ4n) is 4.73. The number of hydrogen-bond donors (Lipinski definition) is 1. The number of esters is 1. The molecule has 0 amide bonds. The van der Waals surface area contributed by atoms with Crippen molar-refractivity contribution in [2.45, 2.75) is 70.7 Å². The number of hydrogen-bond acceptors (Lipinski definition) is 3. The number of nitrogens with two attached hydrogens (primary N) is 1. The number of carbonyl (C=O) groups excluding carboxylic acids is 1. The largest absolute Gasteiger partial charge is 0.466 e. The molecule has 1 saturated carbocycles. The Kier molecular flexibility index (Phi) is 4.04. The van der Waals surface area contributed by atoms with Crippen LogP contribution in [0.1, 0.15) is 46.5 Å². The van der Waals surface area contributed by atoms with Crippen LogP contribution < -0.4 is 5.32 Å². The fraction of sp³-hybridized carbons (Fsp3) is 0.938. The second-order valence-electron chi connectivity index (χ2n) is 6.95. The molecule has 114 valence electrons. The topological polar surface area (TPSA) is 52.1 Å². The maximum absolute atomic E-state index is 12.0. The van der Waals surface area contributed by atoms with E-state index in [1.807, 2.05) is 6.92 Å². The zero-order valence-electron chi connectivity index (χ0n) is 12.9. The maximum Gasteiger partial charge on any atom is 0.308 e. The molecule has 4 heteroatoms. The van der Waals surface area contributed by atoms with Gasteiger partial charge in [0.25, 0.3) is 0 Å². The Morgan fingerprint density at radius 1 is 1.25 bits per heavy atom. The van der Waals surface area contributed by atoms with Gasteiger partial charge in [-0.25, -0.2) is 0 Å². The molecule has 2 N–H and O–H groups in total. The van der Waals surface area contributed by atoms with Crippen molar-refractivity contribution in [2.75, 3.05) is 6.61 Å². The molecule has 0 bridgehead atoms. The third-order valence-corrected chi connectivity index (χ3v) is 5.64. The van der Waals surface area contributed by atoms with Gasteiger partial charge < -0.3 is 14.8 Å². The quantitative estimate of drug-likeness (QED) is 0.772. The van der Waals surface area contributed by atoms with Crippen molar-refractivity contribution in [1.82, 2.24) is 0 Å². The predicted octanol–water partition coefficient (Wildman–Crippen LogP) is 1.09. The van der Waals surface area contributed by atoms with Crippen LogP contribution in [0.5, 0.6) is 0 Å². The third kappa shape index (κ3) is 2.48. The Balaban J connectivity index is 1.71. The molecule has 0 aromatic carbocycles. The number of quaternary nitrogens is 1. The lowest BCUT2D eigenvalue weighted by molar-refractivity contribution is -0.745. The average molecular weight is 282 g/mol. The molecule has 2 saturated heterocycles. The lowest BCUT2D eigenvalue weighted by Crippen LogP contribution is -3.00. The van der Waals surface area contributed by atoms with Crippen molar-refractivity contribution in [3.8, 4) is 0 Å². The highest BCUT2D eigenvalue weighted by atomic mass is 16.5. The van der Waals surface area contributed by atoms with Gasteiger partial charge >= 0.3 is 5.97 Å². The molecule has 1 aliphatic carbocycles. The second-order valence-corrected chi connectivity index (χ2v) is 6.95. The first kappa shape index (κ1) is 14.3. The molecule has 0 aromatic heterocycles. The van der Waals surface area contributed by atoms with Crippen molar-refractivity contribution in [3.63, 3.8) is 0 Å². The zero-order valence-corrected chi connectivity index (χ0v) is 12.9. The molecular weight excluding hydrogens is 254 g/mol. The zero-order chi connectivity index (χ0) is 14.3. The molecule has 4 nitrogen and oxygen atoms in total. The van der Waals surface area contributed by atoms with E-state index in [4.69, 9.17) is 9.47 Å². The Hall–Kier alpha value is -0.610. The van der Waals surface area contributed by atoms with Crippen LogP contribution in [0.3, 0.4) is 0 Å². The van der Waals surface area contributed by atoms with Crippen LogP contribution >= 0.6 is 0 Å². The van der Waals surface area contributed by atoms with Crippen LogP contribution in [-0.2, 0) is 14.3 Å². The van der Waals surface area contributed by atoms with Crippen LogP contribution in [-0.4, -0.2) is 36.9 Å². The summed E-state index contributed by atoms with van der Waals surface area (Å²) < 4.78 is 11.4. The van der Waals surface area contributed by atoms with Crippen molar-refractivity contribution < 1.29 is 19.6 Å². The highest BCUT2D eigenvalue weighted by Crippen LogP contribution is 2.42. The van der Waals surface area contributed by atoms with Gasteiger partial charge in [-0.05, 0) is 40.0 Å². The molecule has 0 radical (unpaired) electrons. The van der Waals surface area contributed by atoms with E-state index in [1.54, 1.807) is 0 Å². The SMILES string of the molecule is CCOC(=O)C1CCC2[NH2+]C(C)C3C[C@@H](C)OC3C2C1. The van der Waals surface area contributed by atoms with E-state index in [1.165, 1.54) is 6.42 Å². The first-order valence-corrected chi connectivity index (χ1v) is 8.27. The molecule has 0 aromatic rings. The van der Waals surface area contributed by atoms with Crippen LogP contribution in [0.2, 0.25) is 0 Å². The monoisotopic (exact) mass is 282 g/mol. The minimum Gasteiger partial charge on any atom is -0.466 e. The van der Waals surface area contributed by atoms with Gasteiger partial charge in [0.1, 0.15) is 0 Å². The Morgan fingerprint density at radius 3 is 2.80 bits per heavy atom. The van der Waals surface area contributed by atoms with E-state index >= 15 is 0 Å². The summed E-state index contributed by atoms with van der Waals surface area (Å²) in [7, 11) is 0. The lowest BCUT2D eigenvalue weighted by Gasteiger charge is -2.44. The second kappa shape index (κ2) is 5.64. The molecule has 6 unspecified atom stereocenters. The van der Waals surface area contributed by atoms with Gasteiger partial charge in [0.15, 0.2) is 0 Å². The summed E-state index contributed by atoms with van der Waals surface area (Å²) in [6.45, 7) is 6.90. The van der Waals surface area contributed by atoms with Crippen LogP contribution in [0.25, 0.3) is 0 Å². The molecule has 3 rings (SSSR count). The molecule has 3 aliphatic rings. The Bertz CT molecular complexity index is 373. The molecule has 3 fully saturated rings. The van der Waals surface area contributed by atoms with Crippen molar-refractivity contribution in [1.29, 1.82) is 0 Å². The van der Waals surface area contributed by atoms with Crippen LogP contribution in [0.4, 0.5) is 0 Å². The van der Waals surface area contributed by atoms with Crippen molar-refractivity contribution in [3.05, 3.63) is 0 Å². The molecule has 0 spiro atoms. The van der Waals surface area contributed by atoms with Crippen LogP contribution in [0.15, 0.2) is 0 Å². The number of ether oxygens (including phenoxy) is 2. The summed E-state index contributed by atoms with van der Waals surface area (Å²) in [6, 6.07) is 1.30. The summed E-state index contributed by atoms with van der Waals surface area (Å²) in [5.74, 6) is 1.29. The fourth-order valence-corrected chi connectivity index (χ4v) is 4.73. The minimum absolute atomic E-state index is 0.00664. The van der Waals surface area contributed by atoms with Crippen LogP contribution in [0, 0.1) is 17.8 Å². The van der Waals surface area contributed by atoms with Gasteiger partial charge in [0.2, 0.25) is 0 Å². The third-order valence-electron chi connectivity index (χ3n) is 5.64. The average Bonchev–Trinajstić information content (AvgIpc) is 2.81. The minimum atomic E-state index is 0.00664. The molecule has 2 heterocycles. The summed E-state index contributed by atoms with van der Waals surface area (Å²) in [5.41, 5.74) is 0. The van der Waals surface area contributed by atoms with E-state index in [2.05, 4.69) is 19.2 Å².